The molecule has 0 atom stereocenters. The Labute approximate surface area is 268 Å². The molecule has 0 aromatic rings. The number of carboxylic acid groups (broad SMARTS) is 2. The van der Waals surface area contributed by atoms with Crippen LogP contribution in [0.25, 0.3) is 0 Å². The van der Waals surface area contributed by atoms with Crippen molar-refractivity contribution >= 4 is 11.9 Å². The standard InChI is InChI=1S/2C18H32O2.O.V/c2*1-2-3-4-5-6-7-8-9-10-11-12-13-14-15-16-17-18(19)20;;/h2*6-7,9-10H,2-5,8,11-17H2,1H3,(H,19,20);;/q;;;+2/p-2/b2*7-6-,10-9-;;. The van der Waals surface area contributed by atoms with E-state index in [0.717, 1.165) is 81.6 Å². The van der Waals surface area contributed by atoms with Crippen LogP contribution >= 0.6 is 0 Å². The molecule has 0 bridgehead atoms. The molecule has 0 saturated carbocycles. The van der Waals surface area contributed by atoms with Crippen molar-refractivity contribution in [2.45, 2.75) is 168 Å². The van der Waals surface area contributed by atoms with Crippen molar-refractivity contribution in [3.63, 3.8) is 0 Å². The third-order valence-corrected chi connectivity index (χ3v) is 6.66. The van der Waals surface area contributed by atoms with E-state index in [-0.39, 0.29) is 12.8 Å². The molecule has 0 fully saturated rings. The molecule has 5 nitrogen and oxygen atoms in total. The summed E-state index contributed by atoms with van der Waals surface area (Å²) in [7, 11) is 0. The Bertz CT molecular complexity index is 614. The normalized spacial score (nSPS) is 11.2. The molecule has 0 aliphatic heterocycles. The maximum atomic E-state index is 10.2. The first kappa shape index (κ1) is 44.7. The zero-order valence-electron chi connectivity index (χ0n) is 27.1. The first-order valence-electron chi connectivity index (χ1n) is 16.7. The number of hydrogen-bond donors (Lipinski definition) is 0. The summed E-state index contributed by atoms with van der Waals surface area (Å²) in [5.74, 6) is -1.84. The number of carbonyl (C=O) groups excluding carboxylic acids is 2. The summed E-state index contributed by atoms with van der Waals surface area (Å²) in [5.41, 5.74) is 0. The summed E-state index contributed by atoms with van der Waals surface area (Å²) in [6.45, 7) is 4.46. The van der Waals surface area contributed by atoms with Gasteiger partial charge in [-0.15, -0.1) is 0 Å². The van der Waals surface area contributed by atoms with Gasteiger partial charge in [0.1, 0.15) is 0 Å². The predicted molar refractivity (Wildman–Crippen MR) is 169 cm³/mol. The van der Waals surface area contributed by atoms with Crippen molar-refractivity contribution < 1.29 is 40.8 Å². The molecule has 0 saturated heterocycles. The molecule has 42 heavy (non-hydrogen) atoms. The van der Waals surface area contributed by atoms with E-state index in [0.29, 0.717) is 0 Å². The van der Waals surface area contributed by atoms with Crippen LogP contribution in [0.5, 0.6) is 0 Å². The zero-order chi connectivity index (χ0) is 31.8. The summed E-state index contributed by atoms with van der Waals surface area (Å²) in [6.07, 6.45) is 43.9. The fourth-order valence-electron chi connectivity index (χ4n) is 4.16. The first-order valence-corrected chi connectivity index (χ1v) is 17.3. The van der Waals surface area contributed by atoms with E-state index in [1.807, 2.05) is 0 Å². The van der Waals surface area contributed by atoms with E-state index in [1.54, 1.807) is 0 Å². The molecule has 0 aromatic heterocycles. The fraction of sp³-hybridized carbons (Fsp3) is 0.722. The number of carboxylic acids is 2. The fourth-order valence-corrected chi connectivity index (χ4v) is 4.16. The topological polar surface area (TPSA) is 97.3 Å². The van der Waals surface area contributed by atoms with Crippen LogP contribution in [0.2, 0.25) is 0 Å². The third-order valence-electron chi connectivity index (χ3n) is 6.66. The third kappa shape index (κ3) is 51.1. The van der Waals surface area contributed by atoms with Crippen molar-refractivity contribution in [1.29, 1.82) is 0 Å². The Morgan fingerprint density at radius 1 is 0.429 bits per heavy atom. The molecule has 0 N–H and O–H groups in total. The van der Waals surface area contributed by atoms with Gasteiger partial charge in [-0.2, -0.15) is 0 Å². The van der Waals surface area contributed by atoms with Crippen LogP contribution in [0.1, 0.15) is 168 Å². The average molecular weight is 626 g/mol. The van der Waals surface area contributed by atoms with E-state index >= 15 is 0 Å². The molecule has 0 spiro atoms. The van der Waals surface area contributed by atoms with Gasteiger partial charge in [-0.05, 0) is 89.9 Å². The molecule has 0 unspecified atom stereocenters. The minimum atomic E-state index is -0.921. The number of carbonyl (C=O) groups is 2. The molecular weight excluding hydrogens is 563 g/mol. The van der Waals surface area contributed by atoms with Crippen LogP contribution < -0.4 is 10.2 Å². The molecule has 0 heterocycles. The van der Waals surface area contributed by atoms with Gasteiger partial charge in [-0.3, -0.25) is 0 Å². The second kappa shape index (κ2) is 43.7. The summed E-state index contributed by atoms with van der Waals surface area (Å²) in [6, 6.07) is 0. The average Bonchev–Trinajstić information content (AvgIpc) is 2.98. The second-order valence-corrected chi connectivity index (χ2v) is 10.7. The number of unbranched alkanes of at least 4 members (excludes halogenated alkanes) is 16. The van der Waals surface area contributed by atoms with Crippen LogP contribution in [0.3, 0.4) is 0 Å². The molecule has 241 valence electrons. The van der Waals surface area contributed by atoms with Gasteiger partial charge in [-0.1, -0.05) is 127 Å². The minimum absolute atomic E-state index is 0.213. The summed E-state index contributed by atoms with van der Waals surface area (Å²) < 4.78 is 8.19. The van der Waals surface area contributed by atoms with Crippen molar-refractivity contribution in [3.05, 3.63) is 48.6 Å². The molecule has 0 amide bonds. The van der Waals surface area contributed by atoms with E-state index in [4.69, 9.17) is 3.67 Å². The quantitative estimate of drug-likeness (QED) is 0.0639. The van der Waals surface area contributed by atoms with E-state index in [1.165, 1.54) is 77.0 Å². The Kier molecular flexibility index (Phi) is 46.6. The van der Waals surface area contributed by atoms with Crippen LogP contribution in [-0.2, 0) is 30.6 Å². The molecule has 0 aliphatic rings. The molecule has 0 aromatic carbocycles. The molecule has 0 aliphatic carbocycles. The Hall–Kier alpha value is -1.72. The molecule has 0 rings (SSSR count). The van der Waals surface area contributed by atoms with Crippen molar-refractivity contribution in [3.8, 4) is 0 Å². The first-order chi connectivity index (χ1) is 20.5. The Morgan fingerprint density at radius 2 is 0.690 bits per heavy atom. The Balaban J connectivity index is -0.000000683. The van der Waals surface area contributed by atoms with Gasteiger partial charge in [0.2, 0.25) is 0 Å². The van der Waals surface area contributed by atoms with Crippen LogP contribution in [-0.4, -0.2) is 11.9 Å². The molecule has 0 radical (unpaired) electrons. The van der Waals surface area contributed by atoms with Gasteiger partial charge in [0, 0.05) is 11.9 Å². The zero-order valence-corrected chi connectivity index (χ0v) is 28.5. The monoisotopic (exact) mass is 625 g/mol. The van der Waals surface area contributed by atoms with Crippen LogP contribution in [0.15, 0.2) is 48.6 Å². The van der Waals surface area contributed by atoms with E-state index in [2.05, 4.69) is 62.5 Å². The summed E-state index contributed by atoms with van der Waals surface area (Å²) >= 11 is 1.06. The SMILES string of the molecule is CCCCC/C=C\C/C=C\CCCCCCCC(=O)[O-].CCCCC/C=C\C/C=C\CCCCCCCC(=O)[O-].[O]=[V+2]. The van der Waals surface area contributed by atoms with Gasteiger partial charge in [-0.25, -0.2) is 0 Å². The summed E-state index contributed by atoms with van der Waals surface area (Å²) in [4.78, 5) is 20.4. The number of rotatable bonds is 28. The predicted octanol–water partition coefficient (Wildman–Crippen LogP) is 8.98. The van der Waals surface area contributed by atoms with E-state index in [9.17, 15) is 19.8 Å². The molecular formula is C36H62O5V. The molecule has 6 heteroatoms. The van der Waals surface area contributed by atoms with Crippen molar-refractivity contribution in [2.24, 2.45) is 0 Å². The second-order valence-electron chi connectivity index (χ2n) is 10.7. The Morgan fingerprint density at radius 3 is 0.976 bits per heavy atom. The van der Waals surface area contributed by atoms with Gasteiger partial charge < -0.3 is 19.8 Å². The maximum absolute atomic E-state index is 10.2. The number of hydrogen-bond acceptors (Lipinski definition) is 5. The van der Waals surface area contributed by atoms with Crippen LogP contribution in [0.4, 0.5) is 0 Å². The van der Waals surface area contributed by atoms with Crippen molar-refractivity contribution in [2.75, 3.05) is 0 Å². The van der Waals surface area contributed by atoms with Gasteiger partial charge >= 0.3 is 21.0 Å². The van der Waals surface area contributed by atoms with Gasteiger partial charge in [0.05, 0.1) is 0 Å². The van der Waals surface area contributed by atoms with Gasteiger partial charge in [0.25, 0.3) is 0 Å². The number of aliphatic carboxylic acids is 2. The summed E-state index contributed by atoms with van der Waals surface area (Å²) in [5, 5.41) is 20.4. The van der Waals surface area contributed by atoms with Gasteiger partial charge in [0.15, 0.2) is 0 Å². The van der Waals surface area contributed by atoms with Crippen molar-refractivity contribution in [1.82, 2.24) is 0 Å². The van der Waals surface area contributed by atoms with E-state index < -0.39 is 11.9 Å². The van der Waals surface area contributed by atoms with Crippen LogP contribution in [0, 0.1) is 0 Å². The number of allylic oxidation sites excluding steroid dienone is 8.